The van der Waals surface area contributed by atoms with E-state index in [-0.39, 0.29) is 18.7 Å². The number of aromatic nitrogens is 4. The second-order valence-electron chi connectivity index (χ2n) is 8.36. The number of ether oxygens (including phenoxy) is 1. The average molecular weight is 475 g/mol. The van der Waals surface area contributed by atoms with Gasteiger partial charge < -0.3 is 15.2 Å². The number of rotatable bonds is 10. The van der Waals surface area contributed by atoms with Crippen molar-refractivity contribution in [3.8, 4) is 5.82 Å². The number of hydrogen-bond acceptors (Lipinski definition) is 8. The van der Waals surface area contributed by atoms with Crippen molar-refractivity contribution in [1.82, 2.24) is 24.5 Å². The van der Waals surface area contributed by atoms with Gasteiger partial charge in [0.05, 0.1) is 24.6 Å². The Bertz CT molecular complexity index is 1170. The molecule has 0 amide bonds. The SMILES string of the molecule is CS(=O)(=O)NC1CCC(Nc2nccc(-n3ncc4c(COCCCO)cccc43)n2)CC1. The second-order valence-corrected chi connectivity index (χ2v) is 10.1. The Morgan fingerprint density at radius 2 is 1.97 bits per heavy atom. The molecule has 0 radical (unpaired) electrons. The summed E-state index contributed by atoms with van der Waals surface area (Å²) in [7, 11) is -3.18. The normalized spacial score (nSPS) is 19.1. The summed E-state index contributed by atoms with van der Waals surface area (Å²) in [5.41, 5.74) is 1.96. The molecule has 1 aliphatic rings. The summed E-state index contributed by atoms with van der Waals surface area (Å²) < 4.78 is 33.0. The van der Waals surface area contributed by atoms with Crippen molar-refractivity contribution < 1.29 is 18.3 Å². The molecule has 2 heterocycles. The predicted octanol–water partition coefficient (Wildman–Crippen LogP) is 1.99. The van der Waals surface area contributed by atoms with Gasteiger partial charge in [0, 0.05) is 42.9 Å². The lowest BCUT2D eigenvalue weighted by atomic mass is 9.92. The zero-order chi connectivity index (χ0) is 23.3. The molecule has 4 rings (SSSR count). The lowest BCUT2D eigenvalue weighted by molar-refractivity contribution is 0.105. The molecule has 1 fully saturated rings. The number of benzene rings is 1. The van der Waals surface area contributed by atoms with Gasteiger partial charge in [-0.25, -0.2) is 22.8 Å². The molecule has 178 valence electrons. The van der Waals surface area contributed by atoms with Crippen molar-refractivity contribution in [2.75, 3.05) is 24.8 Å². The number of aliphatic hydroxyl groups is 1. The summed E-state index contributed by atoms with van der Waals surface area (Å²) >= 11 is 0. The number of fused-ring (bicyclic) bond motifs is 1. The fourth-order valence-electron chi connectivity index (χ4n) is 4.15. The van der Waals surface area contributed by atoms with E-state index in [9.17, 15) is 8.42 Å². The monoisotopic (exact) mass is 474 g/mol. The van der Waals surface area contributed by atoms with Gasteiger partial charge in [-0.15, -0.1) is 0 Å². The third-order valence-electron chi connectivity index (χ3n) is 5.71. The first-order valence-electron chi connectivity index (χ1n) is 11.1. The van der Waals surface area contributed by atoms with Crippen molar-refractivity contribution in [1.29, 1.82) is 0 Å². The number of anilines is 1. The first-order valence-corrected chi connectivity index (χ1v) is 13.0. The Morgan fingerprint density at radius 1 is 1.18 bits per heavy atom. The summed E-state index contributed by atoms with van der Waals surface area (Å²) in [4.78, 5) is 9.02. The molecule has 1 saturated carbocycles. The van der Waals surface area contributed by atoms with Crippen molar-refractivity contribution in [2.45, 2.75) is 50.8 Å². The molecule has 0 bridgehead atoms. The van der Waals surface area contributed by atoms with E-state index in [1.807, 2.05) is 30.5 Å². The molecule has 0 aliphatic heterocycles. The van der Waals surface area contributed by atoms with Gasteiger partial charge in [-0.3, -0.25) is 0 Å². The van der Waals surface area contributed by atoms with Crippen LogP contribution in [0.3, 0.4) is 0 Å². The highest BCUT2D eigenvalue weighted by Gasteiger charge is 2.23. The molecule has 0 unspecified atom stereocenters. The summed E-state index contributed by atoms with van der Waals surface area (Å²) in [6.45, 7) is 1.08. The molecular formula is C22H30N6O4S. The van der Waals surface area contributed by atoms with Gasteiger partial charge in [0.1, 0.15) is 0 Å². The highest BCUT2D eigenvalue weighted by Crippen LogP contribution is 2.24. The number of aliphatic hydroxyl groups excluding tert-OH is 1. The van der Waals surface area contributed by atoms with Gasteiger partial charge in [-0.05, 0) is 43.7 Å². The lowest BCUT2D eigenvalue weighted by Crippen LogP contribution is -2.39. The van der Waals surface area contributed by atoms with Crippen LogP contribution in [0.5, 0.6) is 0 Å². The van der Waals surface area contributed by atoms with Crippen LogP contribution in [-0.2, 0) is 21.4 Å². The Kier molecular flexibility index (Phi) is 7.53. The van der Waals surface area contributed by atoms with Crippen LogP contribution in [0.25, 0.3) is 16.7 Å². The summed E-state index contributed by atoms with van der Waals surface area (Å²) in [5, 5.41) is 17.8. The highest BCUT2D eigenvalue weighted by molar-refractivity contribution is 7.88. The molecule has 0 atom stereocenters. The summed E-state index contributed by atoms with van der Waals surface area (Å²) in [6.07, 6.45) is 8.55. The Labute approximate surface area is 193 Å². The van der Waals surface area contributed by atoms with E-state index in [1.54, 1.807) is 10.9 Å². The maximum atomic E-state index is 11.4. The van der Waals surface area contributed by atoms with E-state index < -0.39 is 10.0 Å². The van der Waals surface area contributed by atoms with Gasteiger partial charge in [0.2, 0.25) is 16.0 Å². The third kappa shape index (κ3) is 6.26. The van der Waals surface area contributed by atoms with Gasteiger partial charge in [-0.2, -0.15) is 10.1 Å². The molecule has 2 aromatic heterocycles. The van der Waals surface area contributed by atoms with Crippen LogP contribution in [0, 0.1) is 0 Å². The number of hydrogen-bond donors (Lipinski definition) is 3. The predicted molar refractivity (Wildman–Crippen MR) is 126 cm³/mol. The lowest BCUT2D eigenvalue weighted by Gasteiger charge is -2.29. The topological polar surface area (TPSA) is 131 Å². The molecule has 33 heavy (non-hydrogen) atoms. The van der Waals surface area contributed by atoms with Crippen LogP contribution in [0.2, 0.25) is 0 Å². The summed E-state index contributed by atoms with van der Waals surface area (Å²) in [6, 6.07) is 7.96. The fourth-order valence-corrected chi connectivity index (χ4v) is 4.99. The van der Waals surface area contributed by atoms with E-state index in [0.717, 1.165) is 42.1 Å². The highest BCUT2D eigenvalue weighted by atomic mass is 32.2. The minimum absolute atomic E-state index is 0.0115. The van der Waals surface area contributed by atoms with Crippen LogP contribution in [0.4, 0.5) is 5.95 Å². The van der Waals surface area contributed by atoms with Gasteiger partial charge >= 0.3 is 0 Å². The maximum absolute atomic E-state index is 11.4. The molecule has 1 aromatic carbocycles. The summed E-state index contributed by atoms with van der Waals surface area (Å²) in [5.74, 6) is 1.19. The van der Waals surface area contributed by atoms with E-state index in [1.165, 1.54) is 6.26 Å². The van der Waals surface area contributed by atoms with Crippen LogP contribution < -0.4 is 10.0 Å². The van der Waals surface area contributed by atoms with Crippen LogP contribution in [0.15, 0.2) is 36.7 Å². The number of nitrogens with one attached hydrogen (secondary N) is 2. The fraction of sp³-hybridized carbons (Fsp3) is 0.500. The first kappa shape index (κ1) is 23.6. The minimum Gasteiger partial charge on any atom is -0.396 e. The zero-order valence-electron chi connectivity index (χ0n) is 18.6. The van der Waals surface area contributed by atoms with Crippen LogP contribution >= 0.6 is 0 Å². The first-order chi connectivity index (χ1) is 15.9. The Balaban J connectivity index is 1.44. The quantitative estimate of drug-likeness (QED) is 0.380. The Morgan fingerprint density at radius 3 is 2.73 bits per heavy atom. The van der Waals surface area contributed by atoms with Crippen molar-refractivity contribution in [3.05, 3.63) is 42.2 Å². The van der Waals surface area contributed by atoms with Crippen LogP contribution in [0.1, 0.15) is 37.7 Å². The molecule has 10 nitrogen and oxygen atoms in total. The van der Waals surface area contributed by atoms with Crippen molar-refractivity contribution in [2.24, 2.45) is 0 Å². The third-order valence-corrected chi connectivity index (χ3v) is 6.47. The average Bonchev–Trinajstić information content (AvgIpc) is 3.22. The Hall–Kier alpha value is -2.60. The molecule has 3 aromatic rings. The molecule has 1 aliphatic carbocycles. The molecule has 11 heteroatoms. The molecular weight excluding hydrogens is 444 g/mol. The van der Waals surface area contributed by atoms with Gasteiger partial charge in [0.15, 0.2) is 5.82 Å². The minimum atomic E-state index is -3.18. The van der Waals surface area contributed by atoms with E-state index in [0.29, 0.717) is 31.4 Å². The van der Waals surface area contributed by atoms with Crippen LogP contribution in [-0.4, -0.2) is 64.8 Å². The number of sulfonamides is 1. The molecule has 0 spiro atoms. The largest absolute Gasteiger partial charge is 0.396 e. The van der Waals surface area contributed by atoms with Crippen molar-refractivity contribution >= 4 is 26.9 Å². The standard InChI is InChI=1S/C22H30N6O4S/c1-33(30,31)27-18-8-6-17(7-9-18)25-22-23-11-10-21(26-22)28-20-5-2-4-16(19(20)14-24-28)15-32-13-3-12-29/h2,4-5,10-11,14,17-18,27,29H,3,6-9,12-13,15H2,1H3,(H,23,25,26). The van der Waals surface area contributed by atoms with Gasteiger partial charge in [-0.1, -0.05) is 12.1 Å². The van der Waals surface area contributed by atoms with Gasteiger partial charge in [0.25, 0.3) is 0 Å². The molecule has 0 saturated heterocycles. The van der Waals surface area contributed by atoms with Crippen molar-refractivity contribution in [3.63, 3.8) is 0 Å². The van der Waals surface area contributed by atoms with E-state index in [4.69, 9.17) is 9.84 Å². The smallest absolute Gasteiger partial charge is 0.224 e. The maximum Gasteiger partial charge on any atom is 0.224 e. The zero-order valence-corrected chi connectivity index (χ0v) is 19.5. The number of nitrogens with zero attached hydrogens (tertiary/aromatic N) is 4. The van der Waals surface area contributed by atoms with E-state index >= 15 is 0 Å². The molecule has 3 N–H and O–H groups in total. The second kappa shape index (κ2) is 10.6. The van der Waals surface area contributed by atoms with E-state index in [2.05, 4.69) is 25.1 Å².